The van der Waals surface area contributed by atoms with E-state index in [4.69, 9.17) is 4.74 Å². The van der Waals surface area contributed by atoms with Crippen LogP contribution in [0.4, 0.5) is 0 Å². The van der Waals surface area contributed by atoms with Gasteiger partial charge in [-0.2, -0.15) is 0 Å². The predicted molar refractivity (Wildman–Crippen MR) is 76.1 cm³/mol. The van der Waals surface area contributed by atoms with Gasteiger partial charge in [0, 0.05) is 19.1 Å². The average molecular weight is 247 g/mol. The molecule has 1 aliphatic heterocycles. The summed E-state index contributed by atoms with van der Waals surface area (Å²) in [7, 11) is 4.27. The number of ether oxygens (including phenoxy) is 1. The molecule has 0 aliphatic carbocycles. The lowest BCUT2D eigenvalue weighted by Crippen LogP contribution is -2.14. The maximum atomic E-state index is 5.54. The number of benzene rings is 1. The number of hydrogen-bond acceptors (Lipinski definition) is 2. The van der Waals surface area contributed by atoms with Crippen LogP contribution in [-0.4, -0.2) is 32.2 Å². The molecule has 0 spiro atoms. The van der Waals surface area contributed by atoms with Crippen LogP contribution in [0.1, 0.15) is 48.8 Å². The quantitative estimate of drug-likeness (QED) is 0.809. The van der Waals surface area contributed by atoms with E-state index < -0.39 is 0 Å². The van der Waals surface area contributed by atoms with Gasteiger partial charge in [-0.05, 0) is 43.1 Å². The predicted octanol–water partition coefficient (Wildman–Crippen LogP) is 3.38. The summed E-state index contributed by atoms with van der Waals surface area (Å²) in [6.45, 7) is 7.34. The molecule has 0 saturated carbocycles. The van der Waals surface area contributed by atoms with Crippen molar-refractivity contribution in [2.45, 2.75) is 38.6 Å². The lowest BCUT2D eigenvalue weighted by molar-refractivity contribution is 0.193. The Hall–Kier alpha value is -0.860. The minimum atomic E-state index is 0.597. The van der Waals surface area contributed by atoms with Crippen molar-refractivity contribution in [1.82, 2.24) is 4.90 Å². The summed E-state index contributed by atoms with van der Waals surface area (Å²) >= 11 is 0. The molecule has 100 valence electrons. The molecule has 1 heterocycles. The zero-order chi connectivity index (χ0) is 13.1. The Balaban J connectivity index is 2.31. The average Bonchev–Trinajstić information content (AvgIpc) is 2.81. The van der Waals surface area contributed by atoms with Crippen LogP contribution >= 0.6 is 0 Å². The standard InChI is InChI=1S/C16H25NO/c1-12(2)13-5-6-16(14-7-8-18-11-14)15(9-13)10-17(3)4/h5-6,9,12,14H,7-8,10-11H2,1-4H3/t14-/m1/s1. The van der Waals surface area contributed by atoms with Gasteiger partial charge in [-0.3, -0.25) is 0 Å². The second-order valence-corrected chi connectivity index (χ2v) is 5.91. The molecule has 0 radical (unpaired) electrons. The van der Waals surface area contributed by atoms with Gasteiger partial charge < -0.3 is 9.64 Å². The van der Waals surface area contributed by atoms with Gasteiger partial charge in [-0.25, -0.2) is 0 Å². The molecule has 2 rings (SSSR count). The molecule has 0 unspecified atom stereocenters. The third-order valence-corrected chi connectivity index (χ3v) is 3.69. The fourth-order valence-corrected chi connectivity index (χ4v) is 2.64. The Bertz CT molecular complexity index is 392. The van der Waals surface area contributed by atoms with Crippen LogP contribution < -0.4 is 0 Å². The van der Waals surface area contributed by atoms with Crippen molar-refractivity contribution in [2.75, 3.05) is 27.3 Å². The molecule has 1 aromatic rings. The highest BCUT2D eigenvalue weighted by Gasteiger charge is 2.21. The number of nitrogens with zero attached hydrogens (tertiary/aromatic N) is 1. The van der Waals surface area contributed by atoms with E-state index in [1.54, 1.807) is 0 Å². The lowest BCUT2D eigenvalue weighted by Gasteiger charge is -2.20. The van der Waals surface area contributed by atoms with E-state index >= 15 is 0 Å². The molecular formula is C16H25NO. The van der Waals surface area contributed by atoms with Gasteiger partial charge in [0.2, 0.25) is 0 Å². The minimum absolute atomic E-state index is 0.597. The smallest absolute Gasteiger partial charge is 0.0535 e. The zero-order valence-corrected chi connectivity index (χ0v) is 12.1. The minimum Gasteiger partial charge on any atom is -0.381 e. The first kappa shape index (κ1) is 13.6. The summed E-state index contributed by atoms with van der Waals surface area (Å²) in [5.41, 5.74) is 4.40. The summed E-state index contributed by atoms with van der Waals surface area (Å²) < 4.78 is 5.54. The van der Waals surface area contributed by atoms with Gasteiger partial charge in [0.05, 0.1) is 6.61 Å². The summed E-state index contributed by atoms with van der Waals surface area (Å²) in [5, 5.41) is 0. The molecule has 1 atom stereocenters. The van der Waals surface area contributed by atoms with Crippen molar-refractivity contribution < 1.29 is 4.74 Å². The SMILES string of the molecule is CC(C)c1ccc([C@@H]2CCOC2)c(CN(C)C)c1. The highest BCUT2D eigenvalue weighted by molar-refractivity contribution is 5.36. The first-order valence-corrected chi connectivity index (χ1v) is 6.93. The van der Waals surface area contributed by atoms with E-state index in [2.05, 4.69) is 51.0 Å². The van der Waals surface area contributed by atoms with Crippen molar-refractivity contribution in [3.63, 3.8) is 0 Å². The molecule has 18 heavy (non-hydrogen) atoms. The van der Waals surface area contributed by atoms with Crippen LogP contribution in [0.5, 0.6) is 0 Å². The highest BCUT2D eigenvalue weighted by atomic mass is 16.5. The Morgan fingerprint density at radius 1 is 1.33 bits per heavy atom. The fraction of sp³-hybridized carbons (Fsp3) is 0.625. The van der Waals surface area contributed by atoms with Crippen LogP contribution in [0.2, 0.25) is 0 Å². The maximum Gasteiger partial charge on any atom is 0.0535 e. The summed E-state index contributed by atoms with van der Waals surface area (Å²) in [5.74, 6) is 1.20. The van der Waals surface area contributed by atoms with Gasteiger partial charge >= 0.3 is 0 Å². The molecule has 1 aliphatic rings. The first-order valence-electron chi connectivity index (χ1n) is 6.93. The highest BCUT2D eigenvalue weighted by Crippen LogP contribution is 2.30. The van der Waals surface area contributed by atoms with E-state index in [0.717, 1.165) is 19.8 Å². The fourth-order valence-electron chi connectivity index (χ4n) is 2.64. The van der Waals surface area contributed by atoms with Crippen LogP contribution in [0.15, 0.2) is 18.2 Å². The molecule has 1 aromatic carbocycles. The topological polar surface area (TPSA) is 12.5 Å². The van der Waals surface area contributed by atoms with Gasteiger partial charge in [0.15, 0.2) is 0 Å². The van der Waals surface area contributed by atoms with Crippen LogP contribution in [0.25, 0.3) is 0 Å². The lowest BCUT2D eigenvalue weighted by atomic mass is 9.89. The Labute approximate surface area is 111 Å². The van der Waals surface area contributed by atoms with Crippen LogP contribution in [-0.2, 0) is 11.3 Å². The molecule has 0 N–H and O–H groups in total. The van der Waals surface area contributed by atoms with E-state index in [-0.39, 0.29) is 0 Å². The third kappa shape index (κ3) is 3.12. The number of rotatable bonds is 4. The molecule has 0 amide bonds. The molecule has 1 fully saturated rings. The summed E-state index contributed by atoms with van der Waals surface area (Å²) in [4.78, 5) is 2.25. The Morgan fingerprint density at radius 2 is 2.11 bits per heavy atom. The summed E-state index contributed by atoms with van der Waals surface area (Å²) in [6, 6.07) is 7.00. The largest absolute Gasteiger partial charge is 0.381 e. The molecule has 0 aromatic heterocycles. The molecular weight excluding hydrogens is 222 g/mol. The second kappa shape index (κ2) is 5.85. The molecule has 0 bridgehead atoms. The number of hydrogen-bond donors (Lipinski definition) is 0. The third-order valence-electron chi connectivity index (χ3n) is 3.69. The zero-order valence-electron chi connectivity index (χ0n) is 12.1. The summed E-state index contributed by atoms with van der Waals surface area (Å²) in [6.07, 6.45) is 1.17. The van der Waals surface area contributed by atoms with E-state index in [0.29, 0.717) is 11.8 Å². The normalized spacial score (nSPS) is 20.0. The van der Waals surface area contributed by atoms with E-state index in [1.165, 1.54) is 23.1 Å². The van der Waals surface area contributed by atoms with Gasteiger partial charge in [0.25, 0.3) is 0 Å². The van der Waals surface area contributed by atoms with Gasteiger partial charge in [0.1, 0.15) is 0 Å². The molecule has 2 nitrogen and oxygen atoms in total. The van der Waals surface area contributed by atoms with Gasteiger partial charge in [-0.15, -0.1) is 0 Å². The molecule has 2 heteroatoms. The maximum absolute atomic E-state index is 5.54. The van der Waals surface area contributed by atoms with Crippen LogP contribution in [0, 0.1) is 0 Å². The Kier molecular flexibility index (Phi) is 4.41. The van der Waals surface area contributed by atoms with Crippen molar-refractivity contribution >= 4 is 0 Å². The molecule has 1 saturated heterocycles. The van der Waals surface area contributed by atoms with E-state index in [9.17, 15) is 0 Å². The van der Waals surface area contributed by atoms with Crippen molar-refractivity contribution in [3.8, 4) is 0 Å². The van der Waals surface area contributed by atoms with Crippen molar-refractivity contribution in [3.05, 3.63) is 34.9 Å². The van der Waals surface area contributed by atoms with Crippen molar-refractivity contribution in [1.29, 1.82) is 0 Å². The monoisotopic (exact) mass is 247 g/mol. The second-order valence-electron chi connectivity index (χ2n) is 5.91. The first-order chi connectivity index (χ1) is 8.58. The Morgan fingerprint density at radius 3 is 2.67 bits per heavy atom. The van der Waals surface area contributed by atoms with Gasteiger partial charge in [-0.1, -0.05) is 32.0 Å². The van der Waals surface area contributed by atoms with E-state index in [1.807, 2.05) is 0 Å². The van der Waals surface area contributed by atoms with Crippen LogP contribution in [0.3, 0.4) is 0 Å². The van der Waals surface area contributed by atoms with Crippen molar-refractivity contribution in [2.24, 2.45) is 0 Å².